The molecular formula is C23H24F2O5. The first kappa shape index (κ1) is 20.8. The average molecular weight is 418 g/mol. The summed E-state index contributed by atoms with van der Waals surface area (Å²) in [4.78, 5) is 10.9. The number of aliphatic carboxylic acids is 1. The molecule has 1 saturated carbocycles. The van der Waals surface area contributed by atoms with Crippen molar-refractivity contribution >= 4 is 5.97 Å². The molecule has 3 aliphatic rings. The van der Waals surface area contributed by atoms with Gasteiger partial charge in [-0.15, -0.1) is 0 Å². The van der Waals surface area contributed by atoms with Crippen LogP contribution in [-0.4, -0.2) is 33.5 Å². The van der Waals surface area contributed by atoms with Crippen molar-refractivity contribution in [3.05, 3.63) is 70.5 Å². The first-order valence-electron chi connectivity index (χ1n) is 10.2. The third-order valence-corrected chi connectivity index (χ3v) is 6.21. The molecule has 5 atom stereocenters. The van der Waals surface area contributed by atoms with Gasteiger partial charge in [0.15, 0.2) is 0 Å². The van der Waals surface area contributed by atoms with E-state index in [1.54, 1.807) is 6.08 Å². The first-order chi connectivity index (χ1) is 14.4. The Balaban J connectivity index is 1.56. The second-order valence-corrected chi connectivity index (χ2v) is 8.05. The number of fused-ring (bicyclic) bond motifs is 3. The summed E-state index contributed by atoms with van der Waals surface area (Å²) in [7, 11) is 0. The Hall–Kier alpha value is -2.51. The van der Waals surface area contributed by atoms with E-state index in [1.165, 1.54) is 12.1 Å². The van der Waals surface area contributed by atoms with E-state index in [-0.39, 0.29) is 24.4 Å². The molecule has 1 saturated heterocycles. The van der Waals surface area contributed by atoms with E-state index in [2.05, 4.69) is 6.08 Å². The summed E-state index contributed by atoms with van der Waals surface area (Å²) in [6.45, 7) is 0. The van der Waals surface area contributed by atoms with Crippen LogP contribution in [0.2, 0.25) is 0 Å². The SMILES string of the molecule is O=C(O)CCC1=C2O[C@H]3C[C@@H](O)C(/C=C/[C@H](O)c4c(F)cccc4F)[C@H]3C2=CCC1. The van der Waals surface area contributed by atoms with Crippen LogP contribution in [-0.2, 0) is 9.53 Å². The highest BCUT2D eigenvalue weighted by molar-refractivity contribution is 5.67. The highest BCUT2D eigenvalue weighted by Gasteiger charge is 2.51. The molecule has 4 rings (SSSR count). The number of carboxylic acids is 1. The quantitative estimate of drug-likeness (QED) is 0.612. The number of benzene rings is 1. The molecule has 0 radical (unpaired) electrons. The number of ether oxygens (including phenoxy) is 1. The van der Waals surface area contributed by atoms with Crippen molar-refractivity contribution in [1.82, 2.24) is 0 Å². The molecule has 1 unspecified atom stereocenters. The Morgan fingerprint density at radius 1 is 1.30 bits per heavy atom. The van der Waals surface area contributed by atoms with E-state index >= 15 is 0 Å². The number of halogens is 2. The van der Waals surface area contributed by atoms with Crippen LogP contribution in [0.15, 0.2) is 53.3 Å². The Morgan fingerprint density at radius 2 is 2.03 bits per heavy atom. The predicted octanol–water partition coefficient (Wildman–Crippen LogP) is 3.79. The lowest BCUT2D eigenvalue weighted by molar-refractivity contribution is -0.136. The molecule has 1 aromatic rings. The van der Waals surface area contributed by atoms with Crippen molar-refractivity contribution in [3.63, 3.8) is 0 Å². The number of rotatable bonds is 6. The molecule has 1 aromatic carbocycles. The van der Waals surface area contributed by atoms with E-state index in [0.29, 0.717) is 12.8 Å². The van der Waals surface area contributed by atoms with Crippen molar-refractivity contribution < 1.29 is 33.6 Å². The molecule has 0 amide bonds. The fraction of sp³-hybridized carbons (Fsp3) is 0.435. The van der Waals surface area contributed by atoms with Gasteiger partial charge in [0.05, 0.1) is 11.7 Å². The van der Waals surface area contributed by atoms with Gasteiger partial charge in [-0.3, -0.25) is 4.79 Å². The summed E-state index contributed by atoms with van der Waals surface area (Å²) in [6, 6.07) is 3.41. The molecule has 160 valence electrons. The number of allylic oxidation sites excluding steroid dienone is 3. The molecular weight excluding hydrogens is 394 g/mol. The normalized spacial score (nSPS) is 28.9. The number of hydrogen-bond acceptors (Lipinski definition) is 4. The first-order valence-corrected chi connectivity index (χ1v) is 10.2. The lowest BCUT2D eigenvalue weighted by Gasteiger charge is -2.22. The third-order valence-electron chi connectivity index (χ3n) is 6.21. The van der Waals surface area contributed by atoms with E-state index in [0.717, 1.165) is 41.9 Å². The van der Waals surface area contributed by atoms with Crippen molar-refractivity contribution in [2.75, 3.05) is 0 Å². The fourth-order valence-corrected chi connectivity index (χ4v) is 4.83. The van der Waals surface area contributed by atoms with Crippen molar-refractivity contribution in [2.45, 2.75) is 50.4 Å². The molecule has 2 aliphatic carbocycles. The molecule has 7 heteroatoms. The Labute approximate surface area is 173 Å². The number of aliphatic hydroxyl groups excluding tert-OH is 2. The number of hydrogen-bond donors (Lipinski definition) is 3. The third kappa shape index (κ3) is 3.79. The second-order valence-electron chi connectivity index (χ2n) is 8.05. The fourth-order valence-electron chi connectivity index (χ4n) is 4.83. The Kier molecular flexibility index (Phi) is 5.75. The maximum Gasteiger partial charge on any atom is 0.303 e. The highest BCUT2D eigenvalue weighted by Crippen LogP contribution is 2.52. The van der Waals surface area contributed by atoms with E-state index in [1.807, 2.05) is 0 Å². The van der Waals surface area contributed by atoms with Gasteiger partial charge in [-0.1, -0.05) is 24.3 Å². The van der Waals surface area contributed by atoms with Gasteiger partial charge >= 0.3 is 5.97 Å². The average Bonchev–Trinajstić information content (AvgIpc) is 3.19. The Bertz CT molecular complexity index is 915. The summed E-state index contributed by atoms with van der Waals surface area (Å²) >= 11 is 0. The van der Waals surface area contributed by atoms with Crippen LogP contribution < -0.4 is 0 Å². The standard InChI is InChI=1S/C23H24F2O5/c24-15-5-2-6-16(25)22(15)17(26)9-8-13-18(27)11-19-21(13)14-4-1-3-12(23(14)30-19)7-10-20(28)29/h2,4-6,8-9,13,17-19,21,26-27H,1,3,7,10-11H2,(H,28,29)/b9-8+/t13?,17-,18+,19-,21-/m0/s1. The van der Waals surface area contributed by atoms with E-state index < -0.39 is 35.4 Å². The highest BCUT2D eigenvalue weighted by atomic mass is 19.1. The number of carboxylic acid groups (broad SMARTS) is 1. The molecule has 1 aliphatic heterocycles. The maximum absolute atomic E-state index is 13.9. The summed E-state index contributed by atoms with van der Waals surface area (Å²) in [6.07, 6.45) is 4.97. The minimum atomic E-state index is -1.47. The van der Waals surface area contributed by atoms with Gasteiger partial charge in [0, 0.05) is 24.7 Å². The van der Waals surface area contributed by atoms with Gasteiger partial charge in [0.1, 0.15) is 29.6 Å². The van der Waals surface area contributed by atoms with Gasteiger partial charge in [-0.25, -0.2) is 8.78 Å². The smallest absolute Gasteiger partial charge is 0.303 e. The zero-order chi connectivity index (χ0) is 21.4. The van der Waals surface area contributed by atoms with Crippen LogP contribution in [0.4, 0.5) is 8.78 Å². The molecule has 5 nitrogen and oxygen atoms in total. The molecule has 0 spiro atoms. The maximum atomic E-state index is 13.9. The summed E-state index contributed by atoms with van der Waals surface area (Å²) < 4.78 is 34.0. The zero-order valence-electron chi connectivity index (χ0n) is 16.3. The number of carbonyl (C=O) groups is 1. The molecule has 3 N–H and O–H groups in total. The summed E-state index contributed by atoms with van der Waals surface area (Å²) in [5.74, 6) is -2.29. The van der Waals surface area contributed by atoms with E-state index in [4.69, 9.17) is 9.84 Å². The van der Waals surface area contributed by atoms with Crippen LogP contribution in [0.5, 0.6) is 0 Å². The lowest BCUT2D eigenvalue weighted by atomic mass is 9.82. The van der Waals surface area contributed by atoms with Crippen LogP contribution in [0.3, 0.4) is 0 Å². The topological polar surface area (TPSA) is 87.0 Å². The van der Waals surface area contributed by atoms with Crippen molar-refractivity contribution in [3.8, 4) is 0 Å². The van der Waals surface area contributed by atoms with Crippen LogP contribution >= 0.6 is 0 Å². The Morgan fingerprint density at radius 3 is 2.73 bits per heavy atom. The monoisotopic (exact) mass is 418 g/mol. The van der Waals surface area contributed by atoms with Crippen molar-refractivity contribution in [1.29, 1.82) is 0 Å². The van der Waals surface area contributed by atoms with Crippen LogP contribution in [0.25, 0.3) is 0 Å². The summed E-state index contributed by atoms with van der Waals surface area (Å²) in [5, 5.41) is 29.8. The van der Waals surface area contributed by atoms with Gasteiger partial charge in [0.2, 0.25) is 0 Å². The second kappa shape index (κ2) is 8.32. The minimum Gasteiger partial charge on any atom is -0.489 e. The zero-order valence-corrected chi connectivity index (χ0v) is 16.3. The van der Waals surface area contributed by atoms with Crippen LogP contribution in [0.1, 0.15) is 43.8 Å². The van der Waals surface area contributed by atoms with E-state index in [9.17, 15) is 23.8 Å². The van der Waals surface area contributed by atoms with Crippen LogP contribution in [0, 0.1) is 23.5 Å². The van der Waals surface area contributed by atoms with Gasteiger partial charge in [-0.2, -0.15) is 0 Å². The predicted molar refractivity (Wildman–Crippen MR) is 104 cm³/mol. The largest absolute Gasteiger partial charge is 0.489 e. The minimum absolute atomic E-state index is 0.0388. The molecule has 2 fully saturated rings. The van der Waals surface area contributed by atoms with Crippen molar-refractivity contribution in [2.24, 2.45) is 11.8 Å². The number of aliphatic hydroxyl groups is 2. The molecule has 1 heterocycles. The molecule has 0 aromatic heterocycles. The van der Waals surface area contributed by atoms with Gasteiger partial charge < -0.3 is 20.1 Å². The van der Waals surface area contributed by atoms with Gasteiger partial charge in [0.25, 0.3) is 0 Å². The molecule has 30 heavy (non-hydrogen) atoms. The molecule has 0 bridgehead atoms. The lowest BCUT2D eigenvalue weighted by Crippen LogP contribution is -2.19. The van der Waals surface area contributed by atoms with Gasteiger partial charge in [-0.05, 0) is 42.5 Å². The summed E-state index contributed by atoms with van der Waals surface area (Å²) in [5.41, 5.74) is 1.52.